The molecule has 2 saturated heterocycles. The fraction of sp³-hybridized carbons (Fsp3) is 0.667. The second-order valence-corrected chi connectivity index (χ2v) is 9.64. The molecule has 1 amide bonds. The summed E-state index contributed by atoms with van der Waals surface area (Å²) in [7, 11) is -3.24. The Morgan fingerprint density at radius 1 is 1.24 bits per heavy atom. The molecule has 0 saturated carbocycles. The lowest BCUT2D eigenvalue weighted by Crippen LogP contribution is -2.35. The number of sulfonamides is 1. The van der Waals surface area contributed by atoms with Crippen molar-refractivity contribution in [2.75, 3.05) is 26.2 Å². The minimum Gasteiger partial charge on any atom is -0.339 e. The summed E-state index contributed by atoms with van der Waals surface area (Å²) in [5, 5.41) is -0.338. The third-order valence-corrected chi connectivity index (χ3v) is 7.77. The lowest BCUT2D eigenvalue weighted by atomic mass is 10.0. The number of aromatic nitrogens is 1. The molecule has 0 bridgehead atoms. The molecular formula is C18H27N3O3S. The third kappa shape index (κ3) is 3.87. The Morgan fingerprint density at radius 3 is 2.60 bits per heavy atom. The van der Waals surface area contributed by atoms with Crippen LogP contribution in [-0.4, -0.2) is 59.9 Å². The van der Waals surface area contributed by atoms with Crippen LogP contribution in [0.3, 0.4) is 0 Å². The summed E-state index contributed by atoms with van der Waals surface area (Å²) in [6.07, 6.45) is 5.39. The standard InChI is InChI=1S/C18H27N3O3S/c1-14(2)5-12-21-13-16-6-10-20(11-7-17(16)25(21,23)24)18(22)15-3-8-19-9-4-15/h3-4,8-9,14,16-17H,5-7,10-13H2,1-2H3/t16-,17-/m1/s1. The molecule has 2 aliphatic rings. The number of amides is 1. The summed E-state index contributed by atoms with van der Waals surface area (Å²) in [4.78, 5) is 18.3. The minimum atomic E-state index is -3.24. The first kappa shape index (κ1) is 18.3. The van der Waals surface area contributed by atoms with E-state index in [1.54, 1.807) is 33.7 Å². The monoisotopic (exact) mass is 365 g/mol. The maximum absolute atomic E-state index is 12.9. The van der Waals surface area contributed by atoms with Crippen molar-refractivity contribution < 1.29 is 13.2 Å². The highest BCUT2D eigenvalue weighted by molar-refractivity contribution is 7.90. The predicted octanol–water partition coefficient (Wildman–Crippen LogP) is 1.99. The Morgan fingerprint density at radius 2 is 1.92 bits per heavy atom. The first-order valence-electron chi connectivity index (χ1n) is 9.08. The van der Waals surface area contributed by atoms with Gasteiger partial charge in [-0.05, 0) is 43.2 Å². The van der Waals surface area contributed by atoms with Crippen molar-refractivity contribution in [1.29, 1.82) is 0 Å². The van der Waals surface area contributed by atoms with E-state index in [1.807, 2.05) is 0 Å². The van der Waals surface area contributed by atoms with Crippen LogP contribution in [0.25, 0.3) is 0 Å². The SMILES string of the molecule is CC(C)CCN1C[C@H]2CCN(C(=O)c3ccncc3)CC[C@H]2S1(=O)=O. The van der Waals surface area contributed by atoms with Gasteiger partial charge in [-0.15, -0.1) is 0 Å². The normalized spacial score (nSPS) is 26.4. The zero-order valence-corrected chi connectivity index (χ0v) is 15.8. The molecule has 138 valence electrons. The number of hydrogen-bond acceptors (Lipinski definition) is 4. The number of fused-ring (bicyclic) bond motifs is 1. The van der Waals surface area contributed by atoms with E-state index in [2.05, 4.69) is 18.8 Å². The van der Waals surface area contributed by atoms with Crippen LogP contribution in [0.4, 0.5) is 0 Å². The molecule has 0 N–H and O–H groups in total. The number of nitrogens with zero attached hydrogens (tertiary/aromatic N) is 3. The summed E-state index contributed by atoms with van der Waals surface area (Å²) in [5.74, 6) is 0.595. The van der Waals surface area contributed by atoms with Gasteiger partial charge in [0.1, 0.15) is 0 Å². The van der Waals surface area contributed by atoms with Gasteiger partial charge < -0.3 is 4.90 Å². The zero-order valence-electron chi connectivity index (χ0n) is 15.0. The van der Waals surface area contributed by atoms with Crippen molar-refractivity contribution in [3.63, 3.8) is 0 Å². The third-order valence-electron chi connectivity index (χ3n) is 5.33. The average molecular weight is 365 g/mol. The van der Waals surface area contributed by atoms with Crippen molar-refractivity contribution in [3.05, 3.63) is 30.1 Å². The Kier molecular flexibility index (Phi) is 5.43. The van der Waals surface area contributed by atoms with Gasteiger partial charge in [-0.3, -0.25) is 9.78 Å². The lowest BCUT2D eigenvalue weighted by Gasteiger charge is -2.22. The molecule has 1 aromatic rings. The summed E-state index contributed by atoms with van der Waals surface area (Å²) in [6, 6.07) is 3.41. The van der Waals surface area contributed by atoms with E-state index in [-0.39, 0.29) is 17.1 Å². The second-order valence-electron chi connectivity index (χ2n) is 7.49. The van der Waals surface area contributed by atoms with E-state index >= 15 is 0 Å². The fourth-order valence-corrected chi connectivity index (χ4v) is 6.05. The van der Waals surface area contributed by atoms with Crippen LogP contribution in [0, 0.1) is 11.8 Å². The van der Waals surface area contributed by atoms with Gasteiger partial charge in [-0.2, -0.15) is 0 Å². The smallest absolute Gasteiger partial charge is 0.253 e. The summed E-state index contributed by atoms with van der Waals surface area (Å²) in [5.41, 5.74) is 0.614. The molecule has 0 aromatic carbocycles. The average Bonchev–Trinajstić information content (AvgIpc) is 2.74. The number of carbonyl (C=O) groups excluding carboxylic acids is 1. The topological polar surface area (TPSA) is 70.6 Å². The van der Waals surface area contributed by atoms with E-state index in [4.69, 9.17) is 0 Å². The Hall–Kier alpha value is -1.47. The molecule has 3 rings (SSSR count). The number of hydrogen-bond donors (Lipinski definition) is 0. The lowest BCUT2D eigenvalue weighted by molar-refractivity contribution is 0.0759. The van der Waals surface area contributed by atoms with Crippen LogP contribution in [0.5, 0.6) is 0 Å². The quantitative estimate of drug-likeness (QED) is 0.818. The fourth-order valence-electron chi connectivity index (χ4n) is 3.80. The molecule has 0 aliphatic carbocycles. The minimum absolute atomic E-state index is 0.0311. The van der Waals surface area contributed by atoms with E-state index in [1.165, 1.54) is 0 Å². The molecule has 6 nitrogen and oxygen atoms in total. The Bertz CT molecular complexity index is 706. The van der Waals surface area contributed by atoms with E-state index in [0.29, 0.717) is 44.1 Å². The first-order valence-corrected chi connectivity index (χ1v) is 10.6. The Balaban J connectivity index is 1.67. The number of likely N-dealkylation sites (tertiary alicyclic amines) is 1. The van der Waals surface area contributed by atoms with E-state index < -0.39 is 10.0 Å². The highest BCUT2D eigenvalue weighted by Crippen LogP contribution is 2.34. The largest absolute Gasteiger partial charge is 0.339 e. The van der Waals surface area contributed by atoms with E-state index in [9.17, 15) is 13.2 Å². The van der Waals surface area contributed by atoms with Gasteiger partial charge in [0.25, 0.3) is 5.91 Å². The van der Waals surface area contributed by atoms with Crippen LogP contribution in [0.15, 0.2) is 24.5 Å². The molecule has 0 unspecified atom stereocenters. The first-order chi connectivity index (χ1) is 11.9. The molecule has 25 heavy (non-hydrogen) atoms. The van der Waals surface area contributed by atoms with Crippen LogP contribution >= 0.6 is 0 Å². The van der Waals surface area contributed by atoms with Crippen molar-refractivity contribution >= 4 is 15.9 Å². The van der Waals surface area contributed by atoms with Gasteiger partial charge in [0.05, 0.1) is 5.25 Å². The molecule has 2 atom stereocenters. The van der Waals surface area contributed by atoms with Crippen molar-refractivity contribution in [2.45, 2.75) is 38.4 Å². The van der Waals surface area contributed by atoms with Gasteiger partial charge in [-0.1, -0.05) is 13.8 Å². The number of rotatable bonds is 4. The van der Waals surface area contributed by atoms with Crippen molar-refractivity contribution in [2.24, 2.45) is 11.8 Å². The maximum Gasteiger partial charge on any atom is 0.253 e. The zero-order chi connectivity index (χ0) is 18.0. The number of carbonyl (C=O) groups is 1. The summed E-state index contributed by atoms with van der Waals surface area (Å²) < 4.78 is 27.4. The van der Waals surface area contributed by atoms with Crippen LogP contribution < -0.4 is 0 Å². The highest BCUT2D eigenvalue weighted by atomic mass is 32.2. The van der Waals surface area contributed by atoms with Crippen molar-refractivity contribution in [1.82, 2.24) is 14.2 Å². The number of pyridine rings is 1. The molecule has 0 spiro atoms. The van der Waals surface area contributed by atoms with Gasteiger partial charge in [-0.25, -0.2) is 12.7 Å². The van der Waals surface area contributed by atoms with Crippen LogP contribution in [-0.2, 0) is 10.0 Å². The molecule has 7 heteroatoms. The van der Waals surface area contributed by atoms with Crippen LogP contribution in [0.1, 0.15) is 43.5 Å². The summed E-state index contributed by atoms with van der Waals surface area (Å²) in [6.45, 7) is 6.58. The second kappa shape index (κ2) is 7.41. The van der Waals surface area contributed by atoms with Crippen LogP contribution in [0.2, 0.25) is 0 Å². The van der Waals surface area contributed by atoms with E-state index in [0.717, 1.165) is 12.8 Å². The van der Waals surface area contributed by atoms with Gasteiger partial charge in [0, 0.05) is 44.1 Å². The van der Waals surface area contributed by atoms with Gasteiger partial charge in [0.2, 0.25) is 10.0 Å². The molecular weight excluding hydrogens is 338 g/mol. The summed E-state index contributed by atoms with van der Waals surface area (Å²) >= 11 is 0. The van der Waals surface area contributed by atoms with Gasteiger partial charge >= 0.3 is 0 Å². The Labute approximate surface area is 150 Å². The highest BCUT2D eigenvalue weighted by Gasteiger charge is 2.46. The molecule has 1 aromatic heterocycles. The van der Waals surface area contributed by atoms with Crippen molar-refractivity contribution in [3.8, 4) is 0 Å². The molecule has 2 fully saturated rings. The molecule has 2 aliphatic heterocycles. The predicted molar refractivity (Wildman–Crippen MR) is 96.6 cm³/mol. The molecule has 3 heterocycles. The molecule has 0 radical (unpaired) electrons. The maximum atomic E-state index is 12.9. The van der Waals surface area contributed by atoms with Gasteiger partial charge in [0.15, 0.2) is 0 Å².